The second-order valence-corrected chi connectivity index (χ2v) is 1.45. The van der Waals surface area contributed by atoms with E-state index >= 15 is 0 Å². The van der Waals surface area contributed by atoms with Crippen LogP contribution in [-0.2, 0) is 0 Å². The fourth-order valence-corrected chi connectivity index (χ4v) is 0.420. The molecular weight excluding hydrogens is 118 g/mol. The van der Waals surface area contributed by atoms with Crippen LogP contribution in [0.3, 0.4) is 0 Å². The van der Waals surface area contributed by atoms with Crippen LogP contribution in [0.2, 0.25) is 0 Å². The van der Waals surface area contributed by atoms with Crippen molar-refractivity contribution < 1.29 is 5.11 Å². The minimum absolute atomic E-state index is 0.813. The van der Waals surface area contributed by atoms with Crippen molar-refractivity contribution in [3.8, 4) is 0 Å². The molecule has 0 amide bonds. The van der Waals surface area contributed by atoms with E-state index in [0.29, 0.717) is 0 Å². The predicted octanol–water partition coefficient (Wildman–Crippen LogP) is -0.245. The molecule has 0 fully saturated rings. The van der Waals surface area contributed by atoms with Gasteiger partial charge < -0.3 is 5.11 Å². The fourth-order valence-electron chi connectivity index (χ4n) is 0.420. The number of aliphatic hydroxyl groups is 1. The Morgan fingerprint density at radius 2 is 2.67 bits per heavy atom. The van der Waals surface area contributed by atoms with Crippen LogP contribution in [0.15, 0.2) is 19.0 Å². The van der Waals surface area contributed by atoms with Crippen LogP contribution in [0, 0.1) is 6.33 Å². The van der Waals surface area contributed by atoms with E-state index < -0.39 is 6.23 Å². The van der Waals surface area contributed by atoms with E-state index in [-0.39, 0.29) is 0 Å². The molecule has 1 aromatic heterocycles. The first-order valence-corrected chi connectivity index (χ1v) is 2.42. The first-order valence-electron chi connectivity index (χ1n) is 2.42. The predicted molar refractivity (Wildman–Crippen MR) is 30.3 cm³/mol. The summed E-state index contributed by atoms with van der Waals surface area (Å²) in [5.41, 5.74) is 0. The van der Waals surface area contributed by atoms with Gasteiger partial charge in [0.25, 0.3) is 0 Å². The molecule has 1 atom stereocenters. The van der Waals surface area contributed by atoms with Gasteiger partial charge in [-0.15, -0.1) is 0 Å². The number of nitrogens with zero attached hydrogens (tertiary/aromatic N) is 3. The lowest BCUT2D eigenvalue weighted by Gasteiger charge is -2.00. The van der Waals surface area contributed by atoms with Gasteiger partial charge in [0.05, 0.1) is 0 Å². The number of aromatic nitrogens is 3. The monoisotopic (exact) mass is 124 g/mol. The third-order valence-electron chi connectivity index (χ3n) is 0.855. The highest BCUT2D eigenvalue weighted by atomic mass is 16.3. The van der Waals surface area contributed by atoms with Crippen LogP contribution in [-0.4, -0.2) is 19.9 Å². The molecule has 0 spiro atoms. The van der Waals surface area contributed by atoms with Crippen molar-refractivity contribution in [3.05, 3.63) is 25.3 Å². The molecule has 4 heteroatoms. The van der Waals surface area contributed by atoms with Gasteiger partial charge in [-0.05, 0) is 6.08 Å². The molecule has 1 rings (SSSR count). The lowest BCUT2D eigenvalue weighted by molar-refractivity contribution is 0.139. The van der Waals surface area contributed by atoms with Gasteiger partial charge in [-0.25, -0.2) is 9.67 Å². The average molecular weight is 124 g/mol. The molecule has 1 N–H and O–H groups in total. The summed E-state index contributed by atoms with van der Waals surface area (Å²) in [7, 11) is 0. The van der Waals surface area contributed by atoms with E-state index in [1.165, 1.54) is 17.1 Å². The van der Waals surface area contributed by atoms with Crippen molar-refractivity contribution in [1.29, 1.82) is 0 Å². The van der Waals surface area contributed by atoms with Crippen molar-refractivity contribution in [1.82, 2.24) is 14.8 Å². The number of aliphatic hydroxyl groups excluding tert-OH is 1. The summed E-state index contributed by atoms with van der Waals surface area (Å²) in [6.07, 6.45) is 4.25. The van der Waals surface area contributed by atoms with Gasteiger partial charge in [0.1, 0.15) is 6.33 Å². The van der Waals surface area contributed by atoms with Crippen LogP contribution >= 0.6 is 0 Å². The Morgan fingerprint density at radius 1 is 1.89 bits per heavy atom. The molecule has 1 unspecified atom stereocenters. The highest BCUT2D eigenvalue weighted by molar-refractivity contribution is 4.74. The Bertz CT molecular complexity index is 182. The molecule has 1 radical (unpaired) electrons. The molecule has 0 aliphatic carbocycles. The van der Waals surface area contributed by atoms with Gasteiger partial charge in [-0.2, -0.15) is 5.10 Å². The summed E-state index contributed by atoms with van der Waals surface area (Å²) in [5, 5.41) is 12.5. The lowest BCUT2D eigenvalue weighted by Crippen LogP contribution is -2.04. The molecule has 0 aliphatic rings. The quantitative estimate of drug-likeness (QED) is 0.553. The van der Waals surface area contributed by atoms with E-state index in [9.17, 15) is 0 Å². The largest absolute Gasteiger partial charge is 0.368 e. The number of hydrogen-bond donors (Lipinski definition) is 1. The molecule has 4 nitrogen and oxygen atoms in total. The van der Waals surface area contributed by atoms with Crippen molar-refractivity contribution in [2.45, 2.75) is 6.23 Å². The summed E-state index contributed by atoms with van der Waals surface area (Å²) in [5.74, 6) is 0. The zero-order valence-corrected chi connectivity index (χ0v) is 4.73. The maximum atomic E-state index is 8.93. The van der Waals surface area contributed by atoms with Crippen molar-refractivity contribution in [2.75, 3.05) is 0 Å². The van der Waals surface area contributed by atoms with Gasteiger partial charge in [-0.3, -0.25) is 0 Å². The second-order valence-electron chi connectivity index (χ2n) is 1.45. The highest BCUT2D eigenvalue weighted by Crippen LogP contribution is 1.95. The van der Waals surface area contributed by atoms with Gasteiger partial charge in [0.15, 0.2) is 12.6 Å². The molecule has 1 aromatic rings. The average Bonchev–Trinajstić information content (AvgIpc) is 2.37. The van der Waals surface area contributed by atoms with Gasteiger partial charge in [0, 0.05) is 0 Å². The Hall–Kier alpha value is -1.16. The first-order chi connectivity index (χ1) is 4.34. The minimum Gasteiger partial charge on any atom is -0.368 e. The van der Waals surface area contributed by atoms with Crippen LogP contribution in [0.25, 0.3) is 0 Å². The molecule has 9 heavy (non-hydrogen) atoms. The normalized spacial score (nSPS) is 13.0. The molecule has 47 valence electrons. The van der Waals surface area contributed by atoms with Crippen molar-refractivity contribution >= 4 is 0 Å². The third-order valence-corrected chi connectivity index (χ3v) is 0.855. The Balaban J connectivity index is 2.76. The molecule has 0 saturated heterocycles. The van der Waals surface area contributed by atoms with E-state index in [1.54, 1.807) is 0 Å². The van der Waals surface area contributed by atoms with Crippen LogP contribution in [0.1, 0.15) is 6.23 Å². The maximum absolute atomic E-state index is 8.93. The standard InChI is InChI=1S/C5H6N3O/c1-2-5(9)8-4-6-3-7-8/h2-3,5,9H,1H2. The van der Waals surface area contributed by atoms with E-state index in [4.69, 9.17) is 5.11 Å². The molecule has 0 aliphatic heterocycles. The van der Waals surface area contributed by atoms with Crippen molar-refractivity contribution in [2.24, 2.45) is 0 Å². The van der Waals surface area contributed by atoms with Crippen molar-refractivity contribution in [3.63, 3.8) is 0 Å². The second kappa shape index (κ2) is 2.41. The third kappa shape index (κ3) is 1.14. The molecule has 0 bridgehead atoms. The van der Waals surface area contributed by atoms with Crippen LogP contribution in [0.5, 0.6) is 0 Å². The zero-order valence-electron chi connectivity index (χ0n) is 4.73. The van der Waals surface area contributed by atoms with Crippen LogP contribution < -0.4 is 0 Å². The van der Waals surface area contributed by atoms with E-state index in [1.807, 2.05) is 0 Å². The van der Waals surface area contributed by atoms with E-state index in [2.05, 4.69) is 23.0 Å². The topological polar surface area (TPSA) is 50.9 Å². The zero-order chi connectivity index (χ0) is 6.69. The van der Waals surface area contributed by atoms with E-state index in [0.717, 1.165) is 0 Å². The molecular formula is C5H6N3O. The molecule has 1 heterocycles. The van der Waals surface area contributed by atoms with Gasteiger partial charge in [-0.1, -0.05) is 6.58 Å². The highest BCUT2D eigenvalue weighted by Gasteiger charge is 1.98. The summed E-state index contributed by atoms with van der Waals surface area (Å²) >= 11 is 0. The summed E-state index contributed by atoms with van der Waals surface area (Å²) in [6, 6.07) is 0. The smallest absolute Gasteiger partial charge is 0.198 e. The van der Waals surface area contributed by atoms with Crippen LogP contribution in [0.4, 0.5) is 0 Å². The van der Waals surface area contributed by atoms with Gasteiger partial charge >= 0.3 is 0 Å². The lowest BCUT2D eigenvalue weighted by atomic mass is 10.6. The summed E-state index contributed by atoms with van der Waals surface area (Å²) in [4.78, 5) is 3.51. The number of rotatable bonds is 2. The fraction of sp³-hybridized carbons (Fsp3) is 0.200. The number of hydrogen-bond acceptors (Lipinski definition) is 3. The maximum Gasteiger partial charge on any atom is 0.198 e. The Kier molecular flexibility index (Phi) is 1.60. The Morgan fingerprint density at radius 3 is 3.11 bits per heavy atom. The molecule has 0 saturated carbocycles. The summed E-state index contributed by atoms with van der Waals surface area (Å²) < 4.78 is 1.17. The Labute approximate surface area is 52.5 Å². The minimum atomic E-state index is -0.813. The molecule has 0 aromatic carbocycles. The SMILES string of the molecule is C=CC(O)n1[c]ncn1. The summed E-state index contributed by atoms with van der Waals surface area (Å²) in [6.45, 7) is 3.36. The van der Waals surface area contributed by atoms with Gasteiger partial charge in [0.2, 0.25) is 0 Å². The first kappa shape index (κ1) is 5.97.